The molecule has 0 aliphatic rings. The fraction of sp³-hybridized carbons (Fsp3) is 0.400. The van der Waals surface area contributed by atoms with Crippen molar-refractivity contribution < 1.29 is 4.39 Å². The van der Waals surface area contributed by atoms with E-state index in [9.17, 15) is 4.39 Å². The Morgan fingerprint density at radius 1 is 1.32 bits per heavy atom. The highest BCUT2D eigenvalue weighted by atomic mass is 19.1. The molecule has 0 fully saturated rings. The largest absolute Gasteiger partial charge is 0.320 e. The average Bonchev–Trinajstić information content (AvgIpc) is 2.67. The number of hydrogen-bond acceptors (Lipinski definition) is 2. The fourth-order valence-corrected chi connectivity index (χ4v) is 2.34. The number of hydrogen-bond donors (Lipinski definition) is 1. The molecule has 0 radical (unpaired) electrons. The van der Waals surface area contributed by atoms with Crippen molar-refractivity contribution >= 4 is 0 Å². The zero-order valence-corrected chi connectivity index (χ0v) is 11.7. The summed E-state index contributed by atoms with van der Waals surface area (Å²) in [4.78, 5) is 0. The molecular formula is C15H20FN3. The van der Waals surface area contributed by atoms with Gasteiger partial charge in [-0.15, -0.1) is 0 Å². The van der Waals surface area contributed by atoms with Gasteiger partial charge in [-0.3, -0.25) is 0 Å². The molecule has 0 bridgehead atoms. The number of benzene rings is 1. The molecule has 1 aromatic carbocycles. The summed E-state index contributed by atoms with van der Waals surface area (Å²) in [5.41, 5.74) is 4.16. The van der Waals surface area contributed by atoms with E-state index in [0.717, 1.165) is 36.5 Å². The van der Waals surface area contributed by atoms with Crippen LogP contribution < -0.4 is 5.32 Å². The van der Waals surface area contributed by atoms with E-state index in [0.29, 0.717) is 0 Å². The molecule has 1 aromatic heterocycles. The first-order valence-electron chi connectivity index (χ1n) is 6.59. The van der Waals surface area contributed by atoms with E-state index in [4.69, 9.17) is 0 Å². The van der Waals surface area contributed by atoms with Crippen LogP contribution in [0.1, 0.15) is 23.4 Å². The number of aromatic nitrogens is 2. The quantitative estimate of drug-likeness (QED) is 0.839. The Kier molecular flexibility index (Phi) is 4.32. The highest BCUT2D eigenvalue weighted by Crippen LogP contribution is 2.19. The van der Waals surface area contributed by atoms with Gasteiger partial charge in [-0.2, -0.15) is 5.10 Å². The van der Waals surface area contributed by atoms with Gasteiger partial charge in [0, 0.05) is 5.69 Å². The maximum atomic E-state index is 13.3. The summed E-state index contributed by atoms with van der Waals surface area (Å²) in [5, 5.41) is 7.68. The normalized spacial score (nSPS) is 10.9. The van der Waals surface area contributed by atoms with Gasteiger partial charge in [0.25, 0.3) is 0 Å². The Bertz CT molecular complexity index is 561. The number of nitrogens with zero attached hydrogens (tertiary/aromatic N) is 2. The zero-order chi connectivity index (χ0) is 13.8. The smallest absolute Gasteiger partial charge is 0.125 e. The van der Waals surface area contributed by atoms with Gasteiger partial charge in [-0.1, -0.05) is 6.07 Å². The van der Waals surface area contributed by atoms with E-state index >= 15 is 0 Å². The molecule has 2 aromatic rings. The maximum absolute atomic E-state index is 13.3. The van der Waals surface area contributed by atoms with Crippen LogP contribution in [-0.2, 0) is 6.42 Å². The van der Waals surface area contributed by atoms with Gasteiger partial charge < -0.3 is 5.32 Å². The van der Waals surface area contributed by atoms with Crippen molar-refractivity contribution in [1.82, 2.24) is 15.1 Å². The Morgan fingerprint density at radius 3 is 2.79 bits per heavy atom. The Hall–Kier alpha value is -1.68. The van der Waals surface area contributed by atoms with Crippen LogP contribution in [0.5, 0.6) is 0 Å². The Morgan fingerprint density at radius 2 is 2.11 bits per heavy atom. The molecule has 4 heteroatoms. The van der Waals surface area contributed by atoms with Crippen LogP contribution >= 0.6 is 0 Å². The first-order valence-corrected chi connectivity index (χ1v) is 6.59. The lowest BCUT2D eigenvalue weighted by atomic mass is 10.1. The third-order valence-corrected chi connectivity index (χ3v) is 3.35. The summed E-state index contributed by atoms with van der Waals surface area (Å²) in [6, 6.07) is 6.54. The number of aryl methyl sites for hydroxylation is 1. The van der Waals surface area contributed by atoms with Gasteiger partial charge >= 0.3 is 0 Å². The molecule has 0 aliphatic carbocycles. The van der Waals surface area contributed by atoms with Gasteiger partial charge in [-0.05, 0) is 64.0 Å². The fourth-order valence-electron chi connectivity index (χ4n) is 2.34. The zero-order valence-electron chi connectivity index (χ0n) is 11.7. The molecule has 3 nitrogen and oxygen atoms in total. The van der Waals surface area contributed by atoms with Gasteiger partial charge in [-0.25, -0.2) is 9.07 Å². The van der Waals surface area contributed by atoms with Crippen molar-refractivity contribution in [2.75, 3.05) is 13.6 Å². The average molecular weight is 261 g/mol. The molecule has 1 heterocycles. The predicted molar refractivity (Wildman–Crippen MR) is 75.2 cm³/mol. The summed E-state index contributed by atoms with van der Waals surface area (Å²) in [5.74, 6) is -0.234. The van der Waals surface area contributed by atoms with Gasteiger partial charge in [0.1, 0.15) is 5.82 Å². The maximum Gasteiger partial charge on any atom is 0.125 e. The first-order chi connectivity index (χ1) is 9.13. The minimum absolute atomic E-state index is 0.234. The van der Waals surface area contributed by atoms with Crippen LogP contribution in [0.15, 0.2) is 24.3 Å². The third kappa shape index (κ3) is 3.01. The van der Waals surface area contributed by atoms with E-state index in [2.05, 4.69) is 10.4 Å². The minimum Gasteiger partial charge on any atom is -0.320 e. The van der Waals surface area contributed by atoms with Crippen molar-refractivity contribution in [1.29, 1.82) is 0 Å². The van der Waals surface area contributed by atoms with E-state index in [-0.39, 0.29) is 5.82 Å². The van der Waals surface area contributed by atoms with Crippen LogP contribution in [-0.4, -0.2) is 23.4 Å². The molecule has 0 unspecified atom stereocenters. The number of nitrogens with one attached hydrogen (secondary N) is 1. The minimum atomic E-state index is -0.234. The molecule has 0 saturated heterocycles. The lowest BCUT2D eigenvalue weighted by Gasteiger charge is -2.05. The molecule has 1 N–H and O–H groups in total. The van der Waals surface area contributed by atoms with Crippen molar-refractivity contribution in [2.24, 2.45) is 0 Å². The van der Waals surface area contributed by atoms with Gasteiger partial charge in [0.2, 0.25) is 0 Å². The van der Waals surface area contributed by atoms with Crippen LogP contribution in [0.2, 0.25) is 0 Å². The van der Waals surface area contributed by atoms with E-state index in [1.54, 1.807) is 6.07 Å². The van der Waals surface area contributed by atoms with Crippen molar-refractivity contribution in [3.8, 4) is 5.69 Å². The molecule has 0 aliphatic heterocycles. The second-order valence-electron chi connectivity index (χ2n) is 4.75. The molecule has 0 atom stereocenters. The molecule has 102 valence electrons. The standard InChI is InChI=1S/C15H20FN3/c1-11-15(8-5-9-17-3)12(2)19(18-11)14-7-4-6-13(16)10-14/h4,6-7,10,17H,5,8-9H2,1-3H3. The van der Waals surface area contributed by atoms with Crippen molar-refractivity contribution in [2.45, 2.75) is 26.7 Å². The van der Waals surface area contributed by atoms with E-state index < -0.39 is 0 Å². The number of rotatable bonds is 5. The topological polar surface area (TPSA) is 29.9 Å². The summed E-state index contributed by atoms with van der Waals surface area (Å²) in [7, 11) is 1.95. The van der Waals surface area contributed by atoms with Crippen molar-refractivity contribution in [3.05, 3.63) is 47.0 Å². The van der Waals surface area contributed by atoms with Crippen LogP contribution in [0.25, 0.3) is 5.69 Å². The predicted octanol–water partition coefficient (Wildman–Crippen LogP) is 2.78. The number of halogens is 1. The highest BCUT2D eigenvalue weighted by Gasteiger charge is 2.12. The van der Waals surface area contributed by atoms with E-state index in [1.807, 2.05) is 31.6 Å². The van der Waals surface area contributed by atoms with Crippen molar-refractivity contribution in [3.63, 3.8) is 0 Å². The molecule has 0 spiro atoms. The Labute approximate surface area is 113 Å². The summed E-state index contributed by atoms with van der Waals surface area (Å²) >= 11 is 0. The summed E-state index contributed by atoms with van der Waals surface area (Å²) in [6.07, 6.45) is 2.07. The first kappa shape index (κ1) is 13.7. The molecular weight excluding hydrogens is 241 g/mol. The summed E-state index contributed by atoms with van der Waals surface area (Å²) < 4.78 is 15.1. The lowest BCUT2D eigenvalue weighted by molar-refractivity contribution is 0.625. The van der Waals surface area contributed by atoms with E-state index in [1.165, 1.54) is 17.7 Å². The van der Waals surface area contributed by atoms with Crippen LogP contribution in [0.3, 0.4) is 0 Å². The Balaban J connectivity index is 2.30. The second-order valence-corrected chi connectivity index (χ2v) is 4.75. The van der Waals surface area contributed by atoms with Gasteiger partial charge in [0.05, 0.1) is 11.4 Å². The second kappa shape index (κ2) is 5.97. The molecule has 0 amide bonds. The molecule has 19 heavy (non-hydrogen) atoms. The lowest BCUT2D eigenvalue weighted by Crippen LogP contribution is -2.09. The third-order valence-electron chi connectivity index (χ3n) is 3.35. The van der Waals surface area contributed by atoms with Gasteiger partial charge in [0.15, 0.2) is 0 Å². The highest BCUT2D eigenvalue weighted by molar-refractivity contribution is 5.37. The molecule has 0 saturated carbocycles. The SMILES string of the molecule is CNCCCc1c(C)nn(-c2cccc(F)c2)c1C. The van der Waals surface area contributed by atoms with Crippen LogP contribution in [0.4, 0.5) is 4.39 Å². The summed E-state index contributed by atoms with van der Waals surface area (Å²) in [6.45, 7) is 5.04. The monoisotopic (exact) mass is 261 g/mol. The molecule has 2 rings (SSSR count). The van der Waals surface area contributed by atoms with Crippen LogP contribution in [0, 0.1) is 19.7 Å².